The predicted molar refractivity (Wildman–Crippen MR) is 88.2 cm³/mol. The minimum atomic E-state index is -0.472. The van der Waals surface area contributed by atoms with Crippen molar-refractivity contribution in [3.05, 3.63) is 42.9 Å². The zero-order valence-corrected chi connectivity index (χ0v) is 14.7. The summed E-state index contributed by atoms with van der Waals surface area (Å²) in [4.78, 5) is 20.8. The summed E-state index contributed by atoms with van der Waals surface area (Å²) in [5.41, 5.74) is 0.854. The number of pyridine rings is 1. The fourth-order valence-electron chi connectivity index (χ4n) is 1.80. The van der Waals surface area contributed by atoms with E-state index in [2.05, 4.69) is 25.9 Å². The lowest BCUT2D eigenvalue weighted by Crippen LogP contribution is -2.18. The van der Waals surface area contributed by atoms with Gasteiger partial charge in [-0.3, -0.25) is 10.1 Å². The average Bonchev–Trinajstić information content (AvgIpc) is 2.94. The van der Waals surface area contributed by atoms with Crippen molar-refractivity contribution in [1.82, 2.24) is 9.97 Å². The van der Waals surface area contributed by atoms with Crippen LogP contribution in [0.5, 0.6) is 0 Å². The van der Waals surface area contributed by atoms with E-state index in [1.165, 1.54) is 12.3 Å². The molecule has 2 aromatic rings. The summed E-state index contributed by atoms with van der Waals surface area (Å²) >= 11 is 4.87. The third kappa shape index (κ3) is 3.79. The molecule has 1 unspecified atom stereocenters. The molecule has 0 aliphatic carbocycles. The lowest BCUT2D eigenvalue weighted by molar-refractivity contribution is -0.385. The van der Waals surface area contributed by atoms with Crippen LogP contribution >= 0.6 is 27.3 Å². The maximum Gasteiger partial charge on any atom is 0.288 e. The van der Waals surface area contributed by atoms with Crippen LogP contribution in [0.25, 0.3) is 0 Å². The number of halogens is 1. The van der Waals surface area contributed by atoms with Crippen molar-refractivity contribution in [3.63, 3.8) is 0 Å². The number of aromatic nitrogens is 2. The van der Waals surface area contributed by atoms with Crippen LogP contribution in [0.2, 0.25) is 0 Å². The zero-order chi connectivity index (χ0) is 16.3. The average molecular weight is 387 g/mol. The number of ether oxygens (including phenoxy) is 1. The molecule has 2 aromatic heterocycles. The lowest BCUT2D eigenvalue weighted by Gasteiger charge is -2.18. The first kappa shape index (κ1) is 16.8. The minimum absolute atomic E-state index is 0.0340. The number of anilines is 1. The maximum absolute atomic E-state index is 10.7. The second-order valence-electron chi connectivity index (χ2n) is 4.67. The number of rotatable bonds is 6. The van der Waals surface area contributed by atoms with E-state index >= 15 is 0 Å². The van der Waals surface area contributed by atoms with Gasteiger partial charge in [-0.15, -0.1) is 11.3 Å². The van der Waals surface area contributed by atoms with E-state index in [1.807, 2.05) is 24.3 Å². The zero-order valence-electron chi connectivity index (χ0n) is 12.3. The first-order valence-corrected chi connectivity index (χ1v) is 8.07. The quantitative estimate of drug-likeness (QED) is 0.557. The molecular formula is C13H15BrN4O3S. The molecule has 0 aliphatic heterocycles. The lowest BCUT2D eigenvalue weighted by atomic mass is 10.3. The normalized spacial score (nSPS) is 12.2. The van der Waals surface area contributed by atoms with Crippen molar-refractivity contribution in [2.24, 2.45) is 0 Å². The van der Waals surface area contributed by atoms with E-state index in [9.17, 15) is 10.1 Å². The molecule has 1 atom stereocenters. The topological polar surface area (TPSA) is 81.4 Å². The van der Waals surface area contributed by atoms with Gasteiger partial charge in [-0.05, 0) is 22.9 Å². The van der Waals surface area contributed by atoms with E-state index in [1.54, 1.807) is 18.4 Å². The van der Waals surface area contributed by atoms with E-state index in [4.69, 9.17) is 4.74 Å². The highest BCUT2D eigenvalue weighted by atomic mass is 79.9. The van der Waals surface area contributed by atoms with Gasteiger partial charge in [-0.25, -0.2) is 9.97 Å². The summed E-state index contributed by atoms with van der Waals surface area (Å²) < 4.78 is 5.82. The Labute approximate surface area is 140 Å². The minimum Gasteiger partial charge on any atom is -0.375 e. The van der Waals surface area contributed by atoms with Gasteiger partial charge in [0.1, 0.15) is 23.1 Å². The molecule has 0 saturated heterocycles. The highest BCUT2D eigenvalue weighted by Gasteiger charge is 2.15. The Hall–Kier alpha value is -1.58. The molecule has 0 radical (unpaired) electrons. The fraction of sp³-hybridized carbons (Fsp3) is 0.385. The second kappa shape index (κ2) is 7.12. The van der Waals surface area contributed by atoms with Gasteiger partial charge in [0.15, 0.2) is 0 Å². The molecule has 7 nitrogen and oxygen atoms in total. The van der Waals surface area contributed by atoms with Gasteiger partial charge in [-0.2, -0.15) is 0 Å². The fourth-order valence-corrected chi connectivity index (χ4v) is 3.28. The summed E-state index contributed by atoms with van der Waals surface area (Å²) in [5.74, 6) is 0.625. The molecule has 0 bridgehead atoms. The molecule has 2 rings (SSSR count). The Balaban J connectivity index is 2.13. The molecular weight excluding hydrogens is 372 g/mol. The van der Waals surface area contributed by atoms with Gasteiger partial charge in [0.2, 0.25) is 0 Å². The molecule has 0 N–H and O–H groups in total. The predicted octanol–water partition coefficient (Wildman–Crippen LogP) is 3.55. The summed E-state index contributed by atoms with van der Waals surface area (Å²) in [7, 11) is 3.51. The van der Waals surface area contributed by atoms with Crippen molar-refractivity contribution < 1.29 is 9.66 Å². The van der Waals surface area contributed by atoms with Crippen molar-refractivity contribution in [1.29, 1.82) is 0 Å². The Morgan fingerprint density at radius 3 is 2.91 bits per heavy atom. The van der Waals surface area contributed by atoms with Crippen LogP contribution in [-0.2, 0) is 11.3 Å². The molecule has 22 heavy (non-hydrogen) atoms. The Morgan fingerprint density at radius 2 is 2.32 bits per heavy atom. The van der Waals surface area contributed by atoms with Gasteiger partial charge < -0.3 is 9.64 Å². The number of nitro groups is 1. The highest BCUT2D eigenvalue weighted by molar-refractivity contribution is 9.10. The van der Waals surface area contributed by atoms with Crippen LogP contribution in [0.3, 0.4) is 0 Å². The van der Waals surface area contributed by atoms with E-state index in [0.29, 0.717) is 16.8 Å². The SMILES string of the molecule is COC(C)c1nc(CN(C)c2ncc([N+](=O)[O-])cc2Br)cs1. The van der Waals surface area contributed by atoms with Crippen LogP contribution in [0.4, 0.5) is 11.5 Å². The molecule has 0 amide bonds. The molecule has 118 valence electrons. The van der Waals surface area contributed by atoms with E-state index in [-0.39, 0.29) is 11.8 Å². The Kier molecular flexibility index (Phi) is 5.43. The van der Waals surface area contributed by atoms with Crippen molar-refractivity contribution >= 4 is 38.8 Å². The number of methoxy groups -OCH3 is 1. The smallest absolute Gasteiger partial charge is 0.288 e. The number of thiazole rings is 1. The largest absolute Gasteiger partial charge is 0.375 e. The van der Waals surface area contributed by atoms with Gasteiger partial charge in [-0.1, -0.05) is 0 Å². The first-order valence-electron chi connectivity index (χ1n) is 6.40. The molecule has 0 saturated carbocycles. The third-order valence-corrected chi connectivity index (χ3v) is 4.69. The van der Waals surface area contributed by atoms with Gasteiger partial charge in [0, 0.05) is 25.6 Å². The molecule has 0 aliphatic rings. The summed E-state index contributed by atoms with van der Waals surface area (Å²) in [5, 5.41) is 13.6. The van der Waals surface area contributed by atoms with E-state index in [0.717, 1.165) is 10.7 Å². The van der Waals surface area contributed by atoms with Gasteiger partial charge >= 0.3 is 0 Å². The van der Waals surface area contributed by atoms with Gasteiger partial charge in [0.25, 0.3) is 5.69 Å². The van der Waals surface area contributed by atoms with Crippen LogP contribution in [-0.4, -0.2) is 29.0 Å². The number of nitrogens with zero attached hydrogens (tertiary/aromatic N) is 4. The monoisotopic (exact) mass is 386 g/mol. The summed E-state index contributed by atoms with van der Waals surface area (Å²) in [6, 6.07) is 1.44. The highest BCUT2D eigenvalue weighted by Crippen LogP contribution is 2.28. The molecule has 0 spiro atoms. The van der Waals surface area contributed by atoms with Crippen LogP contribution in [0.15, 0.2) is 22.1 Å². The maximum atomic E-state index is 10.7. The first-order chi connectivity index (χ1) is 10.4. The Bertz CT molecular complexity index is 679. The molecule has 0 aromatic carbocycles. The Morgan fingerprint density at radius 1 is 1.59 bits per heavy atom. The molecule has 0 fully saturated rings. The molecule has 9 heteroatoms. The van der Waals surface area contributed by atoms with Crippen LogP contribution in [0, 0.1) is 10.1 Å². The van der Waals surface area contributed by atoms with Crippen molar-refractivity contribution in [2.75, 3.05) is 19.1 Å². The third-order valence-electron chi connectivity index (χ3n) is 3.05. The number of hydrogen-bond donors (Lipinski definition) is 0. The number of hydrogen-bond acceptors (Lipinski definition) is 7. The van der Waals surface area contributed by atoms with Gasteiger partial charge in [0.05, 0.1) is 21.6 Å². The second-order valence-corrected chi connectivity index (χ2v) is 6.41. The standard InChI is InChI=1S/C13H15BrN4O3S/c1-8(21-3)13-16-9(7-22-13)6-17(2)12-11(14)4-10(5-15-12)18(19)20/h4-5,7-8H,6H2,1-3H3. The van der Waals surface area contributed by atoms with E-state index < -0.39 is 4.92 Å². The van der Waals surface area contributed by atoms with Crippen molar-refractivity contribution in [3.8, 4) is 0 Å². The molecule has 2 heterocycles. The summed E-state index contributed by atoms with van der Waals surface area (Å²) in [6.45, 7) is 2.50. The van der Waals surface area contributed by atoms with Crippen molar-refractivity contribution in [2.45, 2.75) is 19.6 Å². The van der Waals surface area contributed by atoms with Crippen LogP contribution < -0.4 is 4.90 Å². The van der Waals surface area contributed by atoms with Crippen LogP contribution in [0.1, 0.15) is 23.7 Å². The summed E-state index contributed by atoms with van der Waals surface area (Å²) in [6.07, 6.45) is 1.21.